The Bertz CT molecular complexity index is 404. The molecule has 4 nitrogen and oxygen atoms in total. The van der Waals surface area contributed by atoms with Crippen LogP contribution < -0.4 is 10.3 Å². The van der Waals surface area contributed by atoms with Crippen molar-refractivity contribution in [2.75, 3.05) is 24.6 Å². The summed E-state index contributed by atoms with van der Waals surface area (Å²) in [6, 6.07) is 0. The van der Waals surface area contributed by atoms with Crippen molar-refractivity contribution < 1.29 is 0 Å². The second-order valence-corrected chi connectivity index (χ2v) is 5.42. The van der Waals surface area contributed by atoms with E-state index in [1.807, 2.05) is 0 Å². The average Bonchev–Trinajstić information content (AvgIpc) is 2.78. The fourth-order valence-corrected chi connectivity index (χ4v) is 3.15. The van der Waals surface area contributed by atoms with E-state index in [9.17, 15) is 0 Å². The van der Waals surface area contributed by atoms with Gasteiger partial charge in [0.05, 0.1) is 11.4 Å². The molecule has 4 heteroatoms. The summed E-state index contributed by atoms with van der Waals surface area (Å²) in [7, 11) is 0. The molecule has 0 radical (unpaired) electrons. The molecular formula is C14H24N4. The number of nitrogens with one attached hydrogen (secondary N) is 1. The van der Waals surface area contributed by atoms with Crippen LogP contribution in [-0.4, -0.2) is 29.3 Å². The molecule has 1 aromatic heterocycles. The van der Waals surface area contributed by atoms with Crippen LogP contribution in [0.15, 0.2) is 0 Å². The van der Waals surface area contributed by atoms with Gasteiger partial charge in [-0.3, -0.25) is 0 Å². The summed E-state index contributed by atoms with van der Waals surface area (Å²) < 4.78 is 2.47. The van der Waals surface area contributed by atoms with Gasteiger partial charge in [0.2, 0.25) is 0 Å². The number of imidazole rings is 1. The number of nitrogens with zero attached hydrogens (tertiary/aromatic N) is 3. The molecule has 1 aromatic rings. The van der Waals surface area contributed by atoms with Crippen molar-refractivity contribution in [3.63, 3.8) is 0 Å². The van der Waals surface area contributed by atoms with Crippen LogP contribution in [0.4, 0.5) is 0 Å². The Labute approximate surface area is 109 Å². The maximum atomic E-state index is 4.87. The van der Waals surface area contributed by atoms with Gasteiger partial charge in [-0.05, 0) is 25.7 Å². The molecule has 18 heavy (non-hydrogen) atoms. The lowest BCUT2D eigenvalue weighted by Gasteiger charge is -2.33. The van der Waals surface area contributed by atoms with Crippen LogP contribution in [0.2, 0.25) is 0 Å². The summed E-state index contributed by atoms with van der Waals surface area (Å²) in [6.07, 6.45) is 7.45. The van der Waals surface area contributed by atoms with Crippen molar-refractivity contribution >= 4 is 0 Å². The maximum absolute atomic E-state index is 4.87. The van der Waals surface area contributed by atoms with Gasteiger partial charge in [0, 0.05) is 39.0 Å². The van der Waals surface area contributed by atoms with Crippen molar-refractivity contribution in [3.8, 4) is 0 Å². The number of hydrogen-bond donors (Lipinski definition) is 1. The Kier molecular flexibility index (Phi) is 3.55. The molecule has 1 fully saturated rings. The summed E-state index contributed by atoms with van der Waals surface area (Å²) in [5.41, 5.74) is 2.76. The van der Waals surface area contributed by atoms with Crippen molar-refractivity contribution in [1.29, 1.82) is 0 Å². The molecule has 0 unspecified atom stereocenters. The van der Waals surface area contributed by atoms with E-state index in [-0.39, 0.29) is 0 Å². The summed E-state index contributed by atoms with van der Waals surface area (Å²) in [5.74, 6) is 1.29. The summed E-state index contributed by atoms with van der Waals surface area (Å²) in [4.78, 5) is 4.87. The topological polar surface area (TPSA) is 33.1 Å². The van der Waals surface area contributed by atoms with Crippen LogP contribution in [0, 0.1) is 0 Å². The number of rotatable bonds is 3. The van der Waals surface area contributed by atoms with Crippen LogP contribution in [0.3, 0.4) is 0 Å². The minimum Gasteiger partial charge on any atom is -0.311 e. The molecule has 0 aliphatic carbocycles. The molecule has 0 amide bonds. The van der Waals surface area contributed by atoms with E-state index < -0.39 is 0 Å². The lowest BCUT2D eigenvalue weighted by Crippen LogP contribution is -2.42. The van der Waals surface area contributed by atoms with Gasteiger partial charge in [0.1, 0.15) is 5.82 Å². The Morgan fingerprint density at radius 3 is 2.83 bits per heavy atom. The Morgan fingerprint density at radius 2 is 2.06 bits per heavy atom. The van der Waals surface area contributed by atoms with Crippen LogP contribution >= 0.6 is 0 Å². The van der Waals surface area contributed by atoms with Crippen molar-refractivity contribution in [2.45, 2.75) is 52.0 Å². The van der Waals surface area contributed by atoms with Crippen LogP contribution in [0.25, 0.3) is 0 Å². The first kappa shape index (κ1) is 12.0. The van der Waals surface area contributed by atoms with Crippen molar-refractivity contribution in [3.05, 3.63) is 17.2 Å². The van der Waals surface area contributed by atoms with E-state index >= 15 is 0 Å². The minimum atomic E-state index is 0.951. The summed E-state index contributed by atoms with van der Waals surface area (Å²) in [6.45, 7) is 6.69. The predicted octanol–water partition coefficient (Wildman–Crippen LogP) is 1.60. The van der Waals surface area contributed by atoms with E-state index in [2.05, 4.69) is 21.9 Å². The SMILES string of the molecule is CCCc1nc2c(n1N1CCCCC1)CCNC2. The molecule has 3 heterocycles. The number of hydrogen-bond acceptors (Lipinski definition) is 3. The Hall–Kier alpha value is -1.03. The first-order chi connectivity index (χ1) is 8.90. The predicted molar refractivity (Wildman–Crippen MR) is 73.4 cm³/mol. The van der Waals surface area contributed by atoms with Gasteiger partial charge in [-0.25, -0.2) is 9.66 Å². The maximum Gasteiger partial charge on any atom is 0.128 e. The van der Waals surface area contributed by atoms with E-state index in [0.717, 1.165) is 25.9 Å². The number of piperidine rings is 1. The second kappa shape index (κ2) is 5.31. The molecule has 0 bridgehead atoms. The first-order valence-corrected chi connectivity index (χ1v) is 7.45. The quantitative estimate of drug-likeness (QED) is 0.882. The van der Waals surface area contributed by atoms with Crippen molar-refractivity contribution in [1.82, 2.24) is 15.0 Å². The van der Waals surface area contributed by atoms with Gasteiger partial charge in [-0.15, -0.1) is 0 Å². The highest BCUT2D eigenvalue weighted by Crippen LogP contribution is 2.20. The lowest BCUT2D eigenvalue weighted by atomic mass is 10.1. The zero-order valence-corrected chi connectivity index (χ0v) is 11.4. The molecule has 100 valence electrons. The van der Waals surface area contributed by atoms with Crippen LogP contribution in [-0.2, 0) is 19.4 Å². The van der Waals surface area contributed by atoms with E-state index in [1.165, 1.54) is 56.0 Å². The molecule has 2 aliphatic heterocycles. The third-order valence-corrected chi connectivity index (χ3v) is 4.02. The van der Waals surface area contributed by atoms with Gasteiger partial charge in [0.15, 0.2) is 0 Å². The molecule has 0 spiro atoms. The molecule has 2 aliphatic rings. The molecule has 0 atom stereocenters. The number of aryl methyl sites for hydroxylation is 1. The van der Waals surface area contributed by atoms with Crippen LogP contribution in [0.1, 0.15) is 49.8 Å². The summed E-state index contributed by atoms with van der Waals surface area (Å²) in [5, 5.41) is 5.97. The highest BCUT2D eigenvalue weighted by Gasteiger charge is 2.23. The molecule has 1 N–H and O–H groups in total. The largest absolute Gasteiger partial charge is 0.311 e. The summed E-state index contributed by atoms with van der Waals surface area (Å²) >= 11 is 0. The number of fused-ring (bicyclic) bond motifs is 1. The van der Waals surface area contributed by atoms with Gasteiger partial charge in [-0.2, -0.15) is 0 Å². The third-order valence-electron chi connectivity index (χ3n) is 4.02. The molecule has 0 aromatic carbocycles. The van der Waals surface area contributed by atoms with E-state index in [0.29, 0.717) is 0 Å². The fourth-order valence-electron chi connectivity index (χ4n) is 3.15. The Morgan fingerprint density at radius 1 is 1.22 bits per heavy atom. The number of aromatic nitrogens is 2. The smallest absolute Gasteiger partial charge is 0.128 e. The first-order valence-electron chi connectivity index (χ1n) is 7.45. The molecular weight excluding hydrogens is 224 g/mol. The second-order valence-electron chi connectivity index (χ2n) is 5.42. The normalized spacial score (nSPS) is 19.9. The van der Waals surface area contributed by atoms with E-state index in [1.54, 1.807) is 0 Å². The highest BCUT2D eigenvalue weighted by atomic mass is 15.6. The Balaban J connectivity index is 1.95. The zero-order chi connectivity index (χ0) is 12.4. The monoisotopic (exact) mass is 248 g/mol. The third kappa shape index (κ3) is 2.14. The van der Waals surface area contributed by atoms with Gasteiger partial charge < -0.3 is 10.3 Å². The lowest BCUT2D eigenvalue weighted by molar-refractivity contribution is 0.452. The van der Waals surface area contributed by atoms with E-state index in [4.69, 9.17) is 4.98 Å². The van der Waals surface area contributed by atoms with Crippen molar-refractivity contribution in [2.24, 2.45) is 0 Å². The molecule has 0 saturated carbocycles. The van der Waals surface area contributed by atoms with Gasteiger partial charge in [0.25, 0.3) is 0 Å². The molecule has 3 rings (SSSR count). The standard InChI is InChI=1S/C14H24N4/c1-2-6-14-16-12-11-15-8-7-13(12)18(14)17-9-4-3-5-10-17/h15H,2-11H2,1H3. The molecule has 1 saturated heterocycles. The highest BCUT2D eigenvalue weighted by molar-refractivity contribution is 5.23. The van der Waals surface area contributed by atoms with Gasteiger partial charge >= 0.3 is 0 Å². The zero-order valence-electron chi connectivity index (χ0n) is 11.4. The van der Waals surface area contributed by atoms with Gasteiger partial charge in [-0.1, -0.05) is 6.92 Å². The fraction of sp³-hybridized carbons (Fsp3) is 0.786. The average molecular weight is 248 g/mol. The minimum absolute atomic E-state index is 0.951. The van der Waals surface area contributed by atoms with Crippen LogP contribution in [0.5, 0.6) is 0 Å².